The average molecular weight is 443 g/mol. The molecule has 0 aliphatic carbocycles. The molecular weight excluding hydrogens is 416 g/mol. The summed E-state index contributed by atoms with van der Waals surface area (Å²) in [6.07, 6.45) is 0.819. The van der Waals surface area contributed by atoms with E-state index in [1.54, 1.807) is 45.2 Å². The number of nitrogens with two attached hydrogens (primary N) is 1. The molecule has 0 saturated carbocycles. The molecular formula is C22H26N4O4S. The Balaban J connectivity index is 1.88. The van der Waals surface area contributed by atoms with Gasteiger partial charge in [-0.25, -0.2) is 0 Å². The highest BCUT2D eigenvalue weighted by atomic mass is 32.2. The predicted molar refractivity (Wildman–Crippen MR) is 120 cm³/mol. The molecule has 31 heavy (non-hydrogen) atoms. The average Bonchev–Trinajstić information content (AvgIpc) is 3.20. The van der Waals surface area contributed by atoms with Crippen LogP contribution in [0.25, 0.3) is 11.4 Å². The van der Waals surface area contributed by atoms with Gasteiger partial charge in [0.25, 0.3) is 0 Å². The van der Waals surface area contributed by atoms with E-state index in [1.165, 1.54) is 0 Å². The maximum absolute atomic E-state index is 11.4. The lowest BCUT2D eigenvalue weighted by atomic mass is 10.1. The molecule has 2 N–H and O–H groups in total. The van der Waals surface area contributed by atoms with Gasteiger partial charge in [-0.05, 0) is 42.3 Å². The minimum Gasteiger partial charge on any atom is -0.493 e. The van der Waals surface area contributed by atoms with E-state index in [9.17, 15) is 4.79 Å². The molecule has 1 heterocycles. The number of hydrogen-bond acceptors (Lipinski definition) is 7. The zero-order valence-electron chi connectivity index (χ0n) is 17.8. The molecule has 2 aromatic carbocycles. The maximum atomic E-state index is 11.4. The number of aromatic nitrogens is 3. The standard InChI is InChI=1S/C22H26N4O4S/c1-28-11-5-10-26-21(17-8-9-18(29-2)19(13-17)30-3)24-25-22(26)31-14-15-6-4-7-16(12-15)20(23)27/h4,6-9,12-13H,5,10-11,14H2,1-3H3,(H2,23,27). The topological polar surface area (TPSA) is 101 Å². The van der Waals surface area contributed by atoms with Crippen LogP contribution in [0.15, 0.2) is 47.6 Å². The van der Waals surface area contributed by atoms with Crippen molar-refractivity contribution in [2.45, 2.75) is 23.9 Å². The molecule has 0 saturated heterocycles. The first-order valence-corrected chi connectivity index (χ1v) is 10.7. The summed E-state index contributed by atoms with van der Waals surface area (Å²) in [4.78, 5) is 11.4. The van der Waals surface area contributed by atoms with Crippen LogP contribution in [-0.4, -0.2) is 48.6 Å². The Bertz CT molecular complexity index is 1040. The van der Waals surface area contributed by atoms with Crippen LogP contribution >= 0.6 is 11.8 Å². The van der Waals surface area contributed by atoms with Crippen LogP contribution in [-0.2, 0) is 17.0 Å². The van der Waals surface area contributed by atoms with Gasteiger partial charge in [0.15, 0.2) is 22.5 Å². The Morgan fingerprint density at radius 3 is 2.58 bits per heavy atom. The monoisotopic (exact) mass is 442 g/mol. The number of rotatable bonds is 11. The third-order valence-corrected chi connectivity index (χ3v) is 5.71. The molecule has 0 unspecified atom stereocenters. The number of nitrogens with zero attached hydrogens (tertiary/aromatic N) is 3. The first kappa shape index (κ1) is 22.6. The molecule has 0 fully saturated rings. The second kappa shape index (κ2) is 10.8. The minimum atomic E-state index is -0.440. The van der Waals surface area contributed by atoms with Gasteiger partial charge in [0, 0.05) is 37.1 Å². The molecule has 8 nitrogen and oxygen atoms in total. The molecule has 0 radical (unpaired) electrons. The first-order valence-electron chi connectivity index (χ1n) is 9.73. The Labute approximate surface area is 185 Å². The molecule has 0 bridgehead atoms. The van der Waals surface area contributed by atoms with Crippen molar-refractivity contribution in [3.8, 4) is 22.9 Å². The van der Waals surface area contributed by atoms with Gasteiger partial charge in [0.2, 0.25) is 5.91 Å². The van der Waals surface area contributed by atoms with Gasteiger partial charge in [-0.2, -0.15) is 0 Å². The van der Waals surface area contributed by atoms with Crippen LogP contribution in [0.3, 0.4) is 0 Å². The van der Waals surface area contributed by atoms with E-state index in [2.05, 4.69) is 14.8 Å². The minimum absolute atomic E-state index is 0.440. The van der Waals surface area contributed by atoms with Crippen LogP contribution in [0.2, 0.25) is 0 Å². The van der Waals surface area contributed by atoms with Crippen molar-refractivity contribution in [1.82, 2.24) is 14.8 Å². The SMILES string of the molecule is COCCCn1c(SCc2cccc(C(N)=O)c2)nnc1-c1ccc(OC)c(OC)c1. The van der Waals surface area contributed by atoms with Gasteiger partial charge < -0.3 is 24.5 Å². The summed E-state index contributed by atoms with van der Waals surface area (Å²) in [5, 5.41) is 9.63. The normalized spacial score (nSPS) is 10.8. The van der Waals surface area contributed by atoms with Gasteiger partial charge in [-0.15, -0.1) is 10.2 Å². The molecule has 3 aromatic rings. The largest absolute Gasteiger partial charge is 0.493 e. The van der Waals surface area contributed by atoms with E-state index < -0.39 is 5.91 Å². The quantitative estimate of drug-likeness (QED) is 0.359. The number of primary amides is 1. The number of ether oxygens (including phenoxy) is 3. The molecule has 1 aromatic heterocycles. The van der Waals surface area contributed by atoms with Crippen LogP contribution in [0.4, 0.5) is 0 Å². The van der Waals surface area contributed by atoms with Crippen molar-refractivity contribution >= 4 is 17.7 Å². The highest BCUT2D eigenvalue weighted by Gasteiger charge is 2.16. The highest BCUT2D eigenvalue weighted by Crippen LogP contribution is 2.33. The maximum Gasteiger partial charge on any atom is 0.248 e. The second-order valence-corrected chi connectivity index (χ2v) is 7.67. The summed E-state index contributed by atoms with van der Waals surface area (Å²) in [7, 11) is 4.89. The second-order valence-electron chi connectivity index (χ2n) is 6.73. The number of thioether (sulfide) groups is 1. The highest BCUT2D eigenvalue weighted by molar-refractivity contribution is 7.98. The molecule has 9 heteroatoms. The molecule has 164 valence electrons. The van der Waals surface area contributed by atoms with E-state index in [0.717, 1.165) is 28.5 Å². The van der Waals surface area contributed by atoms with Crippen molar-refractivity contribution in [3.63, 3.8) is 0 Å². The van der Waals surface area contributed by atoms with Crippen molar-refractivity contribution in [2.75, 3.05) is 27.9 Å². The van der Waals surface area contributed by atoms with Gasteiger partial charge in [-0.3, -0.25) is 4.79 Å². The fourth-order valence-electron chi connectivity index (χ4n) is 3.12. The summed E-state index contributed by atoms with van der Waals surface area (Å²) < 4.78 is 18.1. The first-order chi connectivity index (χ1) is 15.1. The van der Waals surface area contributed by atoms with Crippen LogP contribution in [0.1, 0.15) is 22.3 Å². The van der Waals surface area contributed by atoms with E-state index in [-0.39, 0.29) is 0 Å². The number of amides is 1. The molecule has 0 spiro atoms. The van der Waals surface area contributed by atoms with E-state index in [1.807, 2.05) is 30.3 Å². The molecule has 3 rings (SSSR count). The third kappa shape index (κ3) is 5.56. The summed E-state index contributed by atoms with van der Waals surface area (Å²) in [5.41, 5.74) is 7.75. The number of carbonyl (C=O) groups is 1. The number of hydrogen-bond donors (Lipinski definition) is 1. The molecule has 0 aliphatic heterocycles. The fraction of sp³-hybridized carbons (Fsp3) is 0.318. The Morgan fingerprint density at radius 1 is 1.06 bits per heavy atom. The predicted octanol–water partition coefficient (Wildman–Crippen LogP) is 3.39. The zero-order valence-corrected chi connectivity index (χ0v) is 18.6. The third-order valence-electron chi connectivity index (χ3n) is 4.67. The Morgan fingerprint density at radius 2 is 1.87 bits per heavy atom. The number of methoxy groups -OCH3 is 3. The molecule has 1 amide bonds. The van der Waals surface area contributed by atoms with E-state index in [0.29, 0.717) is 36.0 Å². The van der Waals surface area contributed by atoms with E-state index >= 15 is 0 Å². The summed E-state index contributed by atoms with van der Waals surface area (Å²) in [6, 6.07) is 13.0. The van der Waals surface area contributed by atoms with Crippen molar-refractivity contribution in [3.05, 3.63) is 53.6 Å². The van der Waals surface area contributed by atoms with E-state index in [4.69, 9.17) is 19.9 Å². The zero-order chi connectivity index (χ0) is 22.2. The number of carbonyl (C=O) groups excluding carboxylic acids is 1. The van der Waals surface area contributed by atoms with Gasteiger partial charge in [-0.1, -0.05) is 23.9 Å². The van der Waals surface area contributed by atoms with Crippen molar-refractivity contribution in [2.24, 2.45) is 5.73 Å². The smallest absolute Gasteiger partial charge is 0.248 e. The fourth-order valence-corrected chi connectivity index (χ4v) is 4.02. The molecule has 0 aliphatic rings. The van der Waals surface area contributed by atoms with Gasteiger partial charge >= 0.3 is 0 Å². The lowest BCUT2D eigenvalue weighted by Crippen LogP contribution is -2.10. The van der Waals surface area contributed by atoms with Crippen LogP contribution in [0, 0.1) is 0 Å². The Hall–Kier alpha value is -3.04. The lowest BCUT2D eigenvalue weighted by molar-refractivity contribution is 0.1000. The van der Waals surface area contributed by atoms with Crippen molar-refractivity contribution in [1.29, 1.82) is 0 Å². The van der Waals surface area contributed by atoms with Crippen molar-refractivity contribution < 1.29 is 19.0 Å². The van der Waals surface area contributed by atoms with Crippen LogP contribution < -0.4 is 15.2 Å². The van der Waals surface area contributed by atoms with Gasteiger partial charge in [0.1, 0.15) is 0 Å². The number of benzene rings is 2. The lowest BCUT2D eigenvalue weighted by Gasteiger charge is -2.12. The Kier molecular flexibility index (Phi) is 7.91. The summed E-state index contributed by atoms with van der Waals surface area (Å²) >= 11 is 1.55. The summed E-state index contributed by atoms with van der Waals surface area (Å²) in [5.74, 6) is 2.22. The van der Waals surface area contributed by atoms with Crippen LogP contribution in [0.5, 0.6) is 11.5 Å². The summed E-state index contributed by atoms with van der Waals surface area (Å²) in [6.45, 7) is 1.34. The van der Waals surface area contributed by atoms with Gasteiger partial charge in [0.05, 0.1) is 14.2 Å². The molecule has 0 atom stereocenters.